The van der Waals surface area contributed by atoms with Crippen molar-refractivity contribution < 1.29 is 9.13 Å². The molecule has 1 heterocycles. The van der Waals surface area contributed by atoms with Gasteiger partial charge in [-0.3, -0.25) is 9.98 Å². The van der Waals surface area contributed by atoms with E-state index < -0.39 is 0 Å². The zero-order valence-electron chi connectivity index (χ0n) is 14.7. The molecule has 0 spiro atoms. The Balaban J connectivity index is 0.00000312. The molecule has 0 atom stereocenters. The lowest BCUT2D eigenvalue weighted by molar-refractivity contribution is 0.409. The van der Waals surface area contributed by atoms with Crippen LogP contribution in [0.15, 0.2) is 41.5 Å². The highest BCUT2D eigenvalue weighted by atomic mass is 127. The van der Waals surface area contributed by atoms with E-state index in [2.05, 4.69) is 33.6 Å². The van der Waals surface area contributed by atoms with Crippen molar-refractivity contribution in [3.63, 3.8) is 0 Å². The first-order valence-electron chi connectivity index (χ1n) is 7.81. The quantitative estimate of drug-likeness (QED) is 0.397. The van der Waals surface area contributed by atoms with Crippen molar-refractivity contribution in [1.29, 1.82) is 0 Å². The number of benzene rings is 1. The molecule has 1 aromatic carbocycles. The molecule has 2 rings (SSSR count). The summed E-state index contributed by atoms with van der Waals surface area (Å²) < 4.78 is 18.9. The Morgan fingerprint density at radius 2 is 2.08 bits per heavy atom. The summed E-state index contributed by atoms with van der Waals surface area (Å²) in [6.45, 7) is 3.02. The fourth-order valence-electron chi connectivity index (χ4n) is 2.35. The number of methoxy groups -OCH3 is 1. The molecular formula is C18H24FIN4O. The Morgan fingerprint density at radius 1 is 1.28 bits per heavy atom. The molecule has 136 valence electrons. The lowest BCUT2D eigenvalue weighted by Gasteiger charge is -2.13. The number of hydrogen-bond donors (Lipinski definition) is 2. The molecule has 0 aliphatic heterocycles. The maximum absolute atomic E-state index is 13.6. The Kier molecular flexibility index (Phi) is 9.18. The Labute approximate surface area is 165 Å². The summed E-state index contributed by atoms with van der Waals surface area (Å²) in [6.07, 6.45) is 2.36. The van der Waals surface area contributed by atoms with E-state index in [-0.39, 0.29) is 36.3 Å². The van der Waals surface area contributed by atoms with Crippen LogP contribution in [0.2, 0.25) is 0 Å². The van der Waals surface area contributed by atoms with Gasteiger partial charge in [0.05, 0.1) is 19.3 Å². The number of aliphatic imine (C=N–C) groups is 1. The van der Waals surface area contributed by atoms with Crippen LogP contribution in [0, 0.1) is 12.7 Å². The molecule has 2 N–H and O–H groups in total. The number of rotatable bonds is 6. The number of halogens is 2. The van der Waals surface area contributed by atoms with Gasteiger partial charge < -0.3 is 15.4 Å². The SMILES string of the molecule is CN=C(NCCc1cc(C)ccc1OC)NCc1ncccc1F.I. The molecule has 0 aliphatic carbocycles. The van der Waals surface area contributed by atoms with Gasteiger partial charge in [-0.05, 0) is 37.1 Å². The van der Waals surface area contributed by atoms with E-state index in [9.17, 15) is 4.39 Å². The second kappa shape index (κ2) is 10.9. The van der Waals surface area contributed by atoms with Gasteiger partial charge in [0.15, 0.2) is 5.96 Å². The number of aryl methyl sites for hydroxylation is 1. The minimum absolute atomic E-state index is 0. The van der Waals surface area contributed by atoms with Crippen molar-refractivity contribution in [2.75, 3.05) is 20.7 Å². The Morgan fingerprint density at radius 3 is 2.76 bits per heavy atom. The molecular weight excluding hydrogens is 434 g/mol. The first-order valence-corrected chi connectivity index (χ1v) is 7.81. The van der Waals surface area contributed by atoms with E-state index in [1.54, 1.807) is 26.4 Å². The summed E-state index contributed by atoms with van der Waals surface area (Å²) in [5.41, 5.74) is 2.69. The third-order valence-electron chi connectivity index (χ3n) is 3.60. The van der Waals surface area contributed by atoms with E-state index in [1.165, 1.54) is 11.6 Å². The molecule has 2 aromatic rings. The van der Waals surface area contributed by atoms with Gasteiger partial charge in [-0.15, -0.1) is 24.0 Å². The largest absolute Gasteiger partial charge is 0.496 e. The normalized spacial score (nSPS) is 10.8. The maximum atomic E-state index is 13.6. The molecule has 0 saturated carbocycles. The summed E-state index contributed by atoms with van der Waals surface area (Å²) in [5, 5.41) is 6.27. The minimum atomic E-state index is -0.329. The van der Waals surface area contributed by atoms with E-state index in [0.717, 1.165) is 17.7 Å². The average Bonchev–Trinajstić information content (AvgIpc) is 2.59. The van der Waals surface area contributed by atoms with E-state index in [4.69, 9.17) is 4.74 Å². The van der Waals surface area contributed by atoms with Crippen LogP contribution in [0.25, 0.3) is 0 Å². The zero-order valence-corrected chi connectivity index (χ0v) is 17.0. The summed E-state index contributed by atoms with van der Waals surface area (Å²) >= 11 is 0. The first kappa shape index (κ1) is 21.1. The van der Waals surface area contributed by atoms with Gasteiger partial charge in [0.1, 0.15) is 11.6 Å². The highest BCUT2D eigenvalue weighted by molar-refractivity contribution is 14.0. The molecule has 7 heteroatoms. The smallest absolute Gasteiger partial charge is 0.191 e. The van der Waals surface area contributed by atoms with Gasteiger partial charge in [-0.2, -0.15) is 0 Å². The fourth-order valence-corrected chi connectivity index (χ4v) is 2.35. The molecule has 25 heavy (non-hydrogen) atoms. The van der Waals surface area contributed by atoms with Crippen molar-refractivity contribution in [1.82, 2.24) is 15.6 Å². The highest BCUT2D eigenvalue weighted by Crippen LogP contribution is 2.19. The van der Waals surface area contributed by atoms with Crippen LogP contribution in [0.4, 0.5) is 4.39 Å². The molecule has 5 nitrogen and oxygen atoms in total. The van der Waals surface area contributed by atoms with Gasteiger partial charge in [-0.25, -0.2) is 4.39 Å². The number of pyridine rings is 1. The molecule has 1 aromatic heterocycles. The van der Waals surface area contributed by atoms with E-state index >= 15 is 0 Å². The van der Waals surface area contributed by atoms with Crippen molar-refractivity contribution >= 4 is 29.9 Å². The van der Waals surface area contributed by atoms with Crippen molar-refractivity contribution in [2.45, 2.75) is 19.9 Å². The van der Waals surface area contributed by atoms with E-state index in [0.29, 0.717) is 18.2 Å². The third kappa shape index (κ3) is 6.49. The van der Waals surface area contributed by atoms with Crippen LogP contribution < -0.4 is 15.4 Å². The number of nitrogens with zero attached hydrogens (tertiary/aromatic N) is 2. The summed E-state index contributed by atoms with van der Waals surface area (Å²) in [5.74, 6) is 1.15. The number of aromatic nitrogens is 1. The van der Waals surface area contributed by atoms with Crippen LogP contribution in [-0.4, -0.2) is 31.6 Å². The molecule has 0 radical (unpaired) electrons. The Bertz CT molecular complexity index is 709. The fraction of sp³-hybridized carbons (Fsp3) is 0.333. The van der Waals surface area contributed by atoms with Gasteiger partial charge in [0, 0.05) is 19.8 Å². The molecule has 0 aliphatic rings. The minimum Gasteiger partial charge on any atom is -0.496 e. The second-order valence-electron chi connectivity index (χ2n) is 5.35. The summed E-state index contributed by atoms with van der Waals surface area (Å²) in [7, 11) is 3.35. The summed E-state index contributed by atoms with van der Waals surface area (Å²) in [4.78, 5) is 8.15. The molecule has 0 bridgehead atoms. The van der Waals surface area contributed by atoms with Crippen LogP contribution in [-0.2, 0) is 13.0 Å². The van der Waals surface area contributed by atoms with Crippen LogP contribution >= 0.6 is 24.0 Å². The predicted molar refractivity (Wildman–Crippen MR) is 109 cm³/mol. The van der Waals surface area contributed by atoms with Gasteiger partial charge in [0.2, 0.25) is 0 Å². The van der Waals surface area contributed by atoms with Crippen molar-refractivity contribution in [2.24, 2.45) is 4.99 Å². The molecule has 0 amide bonds. The first-order chi connectivity index (χ1) is 11.6. The second-order valence-corrected chi connectivity index (χ2v) is 5.35. The summed E-state index contributed by atoms with van der Waals surface area (Å²) in [6, 6.07) is 9.07. The number of ether oxygens (including phenoxy) is 1. The predicted octanol–water partition coefficient (Wildman–Crippen LogP) is 3.06. The van der Waals surface area contributed by atoms with Crippen LogP contribution in [0.1, 0.15) is 16.8 Å². The zero-order chi connectivity index (χ0) is 17.4. The number of nitrogens with one attached hydrogen (secondary N) is 2. The Hall–Kier alpha value is -1.90. The van der Waals surface area contributed by atoms with Crippen LogP contribution in [0.3, 0.4) is 0 Å². The van der Waals surface area contributed by atoms with Crippen molar-refractivity contribution in [3.05, 3.63) is 59.2 Å². The van der Waals surface area contributed by atoms with Gasteiger partial charge >= 0.3 is 0 Å². The maximum Gasteiger partial charge on any atom is 0.191 e. The van der Waals surface area contributed by atoms with E-state index in [1.807, 2.05) is 12.1 Å². The monoisotopic (exact) mass is 458 g/mol. The lowest BCUT2D eigenvalue weighted by Crippen LogP contribution is -2.38. The van der Waals surface area contributed by atoms with Gasteiger partial charge in [-0.1, -0.05) is 17.7 Å². The molecule has 0 fully saturated rings. The number of guanidine groups is 1. The standard InChI is InChI=1S/C18H23FN4O.HI/c1-13-6-7-17(24-3)14(11-13)8-10-22-18(20-2)23-12-16-15(19)5-4-9-21-16;/h4-7,9,11H,8,10,12H2,1-3H3,(H2,20,22,23);1H. The van der Waals surface area contributed by atoms with Crippen LogP contribution in [0.5, 0.6) is 5.75 Å². The lowest BCUT2D eigenvalue weighted by atomic mass is 10.1. The average molecular weight is 458 g/mol. The molecule has 0 saturated heterocycles. The number of hydrogen-bond acceptors (Lipinski definition) is 3. The highest BCUT2D eigenvalue weighted by Gasteiger charge is 2.06. The third-order valence-corrected chi connectivity index (χ3v) is 3.60. The van der Waals surface area contributed by atoms with Gasteiger partial charge in [0.25, 0.3) is 0 Å². The molecule has 0 unspecified atom stereocenters. The van der Waals surface area contributed by atoms with Crippen molar-refractivity contribution in [3.8, 4) is 5.75 Å². The topological polar surface area (TPSA) is 58.5 Å².